The van der Waals surface area contributed by atoms with Gasteiger partial charge in [-0.05, 0) is 37.5 Å². The Balaban J connectivity index is 1.78. The minimum Gasteiger partial charge on any atom is -0.459 e. The van der Waals surface area contributed by atoms with Crippen LogP contribution < -0.4 is 4.74 Å². The zero-order chi connectivity index (χ0) is 18.0. The Morgan fingerprint density at radius 1 is 1.32 bits per heavy atom. The molecule has 1 aromatic heterocycles. The molecule has 25 heavy (non-hydrogen) atoms. The van der Waals surface area contributed by atoms with Crippen LogP contribution in [0.5, 0.6) is 6.01 Å². The minimum atomic E-state index is -3.68. The number of ether oxygens (including phenoxy) is 1. The van der Waals surface area contributed by atoms with Gasteiger partial charge < -0.3 is 4.74 Å². The molecule has 0 radical (unpaired) electrons. The van der Waals surface area contributed by atoms with Crippen molar-refractivity contribution in [2.24, 2.45) is 0 Å². The van der Waals surface area contributed by atoms with Crippen LogP contribution in [-0.4, -0.2) is 41.9 Å². The van der Waals surface area contributed by atoms with E-state index >= 15 is 0 Å². The van der Waals surface area contributed by atoms with Crippen molar-refractivity contribution in [3.63, 3.8) is 0 Å². The molecule has 1 fully saturated rings. The highest BCUT2D eigenvalue weighted by Crippen LogP contribution is 2.26. The number of hydrogen-bond acceptors (Lipinski definition) is 5. The molecule has 0 bridgehead atoms. The SMILES string of the molecule is Cc1ccc(Cl)cc1S(=O)(=O)N1CCC[C@@H](Oc2ncc(F)cn2)C1. The topological polar surface area (TPSA) is 72.4 Å². The second-order valence-corrected chi connectivity index (χ2v) is 8.18. The maximum absolute atomic E-state index is 12.9. The van der Waals surface area contributed by atoms with Crippen molar-refractivity contribution in [2.45, 2.75) is 30.8 Å². The molecule has 2 aromatic rings. The van der Waals surface area contributed by atoms with Crippen LogP contribution in [0.15, 0.2) is 35.5 Å². The van der Waals surface area contributed by atoms with E-state index in [1.54, 1.807) is 19.1 Å². The van der Waals surface area contributed by atoms with Crippen LogP contribution in [0, 0.1) is 12.7 Å². The molecular weight excluding hydrogens is 369 g/mol. The summed E-state index contributed by atoms with van der Waals surface area (Å²) in [5.74, 6) is -0.559. The fourth-order valence-corrected chi connectivity index (χ4v) is 4.72. The van der Waals surface area contributed by atoms with Gasteiger partial charge in [0, 0.05) is 11.6 Å². The predicted octanol–water partition coefficient (Wildman–Crippen LogP) is 2.81. The molecule has 3 rings (SSSR count). The largest absolute Gasteiger partial charge is 0.459 e. The van der Waals surface area contributed by atoms with Crippen LogP contribution in [0.2, 0.25) is 5.02 Å². The molecule has 1 aliphatic heterocycles. The Hall–Kier alpha value is -1.77. The summed E-state index contributed by atoms with van der Waals surface area (Å²) in [6.45, 7) is 2.31. The lowest BCUT2D eigenvalue weighted by Gasteiger charge is -2.31. The molecule has 1 saturated heterocycles. The first-order valence-electron chi connectivity index (χ1n) is 7.77. The molecule has 9 heteroatoms. The molecule has 1 aromatic carbocycles. The number of sulfonamides is 1. The predicted molar refractivity (Wildman–Crippen MR) is 90.6 cm³/mol. The fourth-order valence-electron chi connectivity index (χ4n) is 2.72. The van der Waals surface area contributed by atoms with E-state index in [9.17, 15) is 12.8 Å². The van der Waals surface area contributed by atoms with Gasteiger partial charge in [-0.2, -0.15) is 4.31 Å². The summed E-state index contributed by atoms with van der Waals surface area (Å²) in [5.41, 5.74) is 0.634. The Morgan fingerprint density at radius 2 is 2.04 bits per heavy atom. The van der Waals surface area contributed by atoms with Crippen LogP contribution >= 0.6 is 11.6 Å². The minimum absolute atomic E-state index is 0.0320. The van der Waals surface area contributed by atoms with Gasteiger partial charge in [0.05, 0.1) is 23.8 Å². The molecule has 6 nitrogen and oxygen atoms in total. The summed E-state index contributed by atoms with van der Waals surface area (Å²) >= 11 is 5.96. The first kappa shape index (κ1) is 18.0. The third-order valence-corrected chi connectivity index (χ3v) is 6.22. The van der Waals surface area contributed by atoms with Gasteiger partial charge in [-0.3, -0.25) is 0 Å². The summed E-state index contributed by atoms with van der Waals surface area (Å²) in [4.78, 5) is 7.69. The first-order chi connectivity index (χ1) is 11.9. The summed E-state index contributed by atoms with van der Waals surface area (Å²) in [6.07, 6.45) is 2.93. The summed E-state index contributed by atoms with van der Waals surface area (Å²) in [5, 5.41) is 0.369. The molecule has 0 unspecified atom stereocenters. The number of rotatable bonds is 4. The highest BCUT2D eigenvalue weighted by molar-refractivity contribution is 7.89. The fraction of sp³-hybridized carbons (Fsp3) is 0.375. The molecule has 0 spiro atoms. The zero-order valence-corrected chi connectivity index (χ0v) is 15.1. The molecule has 0 aliphatic carbocycles. The number of aromatic nitrogens is 2. The highest BCUT2D eigenvalue weighted by Gasteiger charge is 2.32. The van der Waals surface area contributed by atoms with Gasteiger partial charge in [-0.25, -0.2) is 22.8 Å². The van der Waals surface area contributed by atoms with Crippen molar-refractivity contribution in [2.75, 3.05) is 13.1 Å². The number of aryl methyl sites for hydroxylation is 1. The van der Waals surface area contributed by atoms with E-state index in [0.29, 0.717) is 30.0 Å². The summed E-state index contributed by atoms with van der Waals surface area (Å²) in [6, 6.07) is 4.83. The van der Waals surface area contributed by atoms with E-state index in [0.717, 1.165) is 12.4 Å². The Morgan fingerprint density at radius 3 is 2.76 bits per heavy atom. The highest BCUT2D eigenvalue weighted by atomic mass is 35.5. The number of benzene rings is 1. The standard InChI is InChI=1S/C16H17ClFN3O3S/c1-11-4-5-12(17)7-15(11)25(22,23)21-6-2-3-14(10-21)24-16-19-8-13(18)9-20-16/h4-5,7-9,14H,2-3,6,10H2,1H3/t14-/m1/s1. The average Bonchev–Trinajstić information content (AvgIpc) is 2.59. The van der Waals surface area contributed by atoms with E-state index in [1.165, 1.54) is 10.4 Å². The molecule has 0 saturated carbocycles. The average molecular weight is 386 g/mol. The van der Waals surface area contributed by atoms with Gasteiger partial charge in [-0.15, -0.1) is 0 Å². The van der Waals surface area contributed by atoms with Crippen molar-refractivity contribution >= 4 is 21.6 Å². The van der Waals surface area contributed by atoms with Crippen LogP contribution in [-0.2, 0) is 10.0 Å². The zero-order valence-electron chi connectivity index (χ0n) is 13.5. The smallest absolute Gasteiger partial charge is 0.316 e. The van der Waals surface area contributed by atoms with Crippen molar-refractivity contribution in [1.82, 2.24) is 14.3 Å². The van der Waals surface area contributed by atoms with Crippen molar-refractivity contribution in [3.8, 4) is 6.01 Å². The van der Waals surface area contributed by atoms with E-state index in [4.69, 9.17) is 16.3 Å². The van der Waals surface area contributed by atoms with Gasteiger partial charge in [0.1, 0.15) is 6.10 Å². The van der Waals surface area contributed by atoms with Crippen LogP contribution in [0.3, 0.4) is 0 Å². The lowest BCUT2D eigenvalue weighted by atomic mass is 10.1. The maximum atomic E-state index is 12.9. The third-order valence-electron chi connectivity index (χ3n) is 3.98. The van der Waals surface area contributed by atoms with Crippen LogP contribution in [0.1, 0.15) is 18.4 Å². The van der Waals surface area contributed by atoms with Gasteiger partial charge in [-0.1, -0.05) is 17.7 Å². The Kier molecular flexibility index (Phi) is 5.21. The quantitative estimate of drug-likeness (QED) is 0.809. The van der Waals surface area contributed by atoms with Crippen molar-refractivity contribution in [3.05, 3.63) is 47.0 Å². The lowest BCUT2D eigenvalue weighted by Crippen LogP contribution is -2.44. The first-order valence-corrected chi connectivity index (χ1v) is 9.58. The number of halogens is 2. The normalized spacial score (nSPS) is 18.9. The molecule has 1 aliphatic rings. The molecule has 0 amide bonds. The van der Waals surface area contributed by atoms with E-state index in [2.05, 4.69) is 9.97 Å². The monoisotopic (exact) mass is 385 g/mol. The number of piperidine rings is 1. The van der Waals surface area contributed by atoms with Crippen molar-refractivity contribution < 1.29 is 17.5 Å². The Labute approximate surface area is 150 Å². The summed E-state index contributed by atoms with van der Waals surface area (Å²) in [7, 11) is -3.68. The van der Waals surface area contributed by atoms with Gasteiger partial charge >= 0.3 is 6.01 Å². The van der Waals surface area contributed by atoms with Crippen molar-refractivity contribution in [1.29, 1.82) is 0 Å². The van der Waals surface area contributed by atoms with Gasteiger partial charge in [0.15, 0.2) is 5.82 Å². The molecular formula is C16H17ClFN3O3S. The van der Waals surface area contributed by atoms with E-state index < -0.39 is 21.9 Å². The maximum Gasteiger partial charge on any atom is 0.316 e. The van der Waals surface area contributed by atoms with Crippen LogP contribution in [0.25, 0.3) is 0 Å². The van der Waals surface area contributed by atoms with E-state index in [1.807, 2.05) is 0 Å². The molecule has 134 valence electrons. The van der Waals surface area contributed by atoms with Gasteiger partial charge in [0.2, 0.25) is 10.0 Å². The second kappa shape index (κ2) is 7.23. The number of nitrogens with zero attached hydrogens (tertiary/aromatic N) is 3. The molecule has 0 N–H and O–H groups in total. The second-order valence-electron chi connectivity index (χ2n) is 5.84. The van der Waals surface area contributed by atoms with Gasteiger partial charge in [0.25, 0.3) is 0 Å². The molecule has 2 heterocycles. The van der Waals surface area contributed by atoms with E-state index in [-0.39, 0.29) is 17.5 Å². The molecule has 1 atom stereocenters. The third kappa shape index (κ3) is 4.08. The van der Waals surface area contributed by atoms with Crippen LogP contribution in [0.4, 0.5) is 4.39 Å². The number of hydrogen-bond donors (Lipinski definition) is 0. The Bertz CT molecular complexity index is 861. The lowest BCUT2D eigenvalue weighted by molar-refractivity contribution is 0.119. The summed E-state index contributed by atoms with van der Waals surface area (Å²) < 4.78 is 45.7.